The Morgan fingerprint density at radius 3 is 2.75 bits per heavy atom. The summed E-state index contributed by atoms with van der Waals surface area (Å²) < 4.78 is 13.7. The number of aryl methyl sites for hydroxylation is 1. The molecule has 0 saturated carbocycles. The van der Waals surface area contributed by atoms with Gasteiger partial charge in [-0.25, -0.2) is 19.7 Å². The molecule has 0 bridgehead atoms. The molecule has 1 saturated heterocycles. The van der Waals surface area contributed by atoms with Crippen molar-refractivity contribution in [3.05, 3.63) is 76.0 Å². The Balaban J connectivity index is 1.35. The first-order valence-electron chi connectivity index (χ1n) is 13.3. The average molecular weight is 539 g/mol. The number of aromatic nitrogens is 4. The zero-order chi connectivity index (χ0) is 28.0. The highest BCUT2D eigenvalue weighted by Gasteiger charge is 2.27. The van der Waals surface area contributed by atoms with Crippen molar-refractivity contribution in [1.29, 1.82) is 0 Å². The Morgan fingerprint density at radius 2 is 2.00 bits per heavy atom. The summed E-state index contributed by atoms with van der Waals surface area (Å²) in [5.74, 6) is 1.02. The number of Topliss-reactive ketones (excluding diaryl/α,β-unsaturated/α-hetero) is 1. The van der Waals surface area contributed by atoms with Gasteiger partial charge in [-0.15, -0.1) is 0 Å². The van der Waals surface area contributed by atoms with Crippen LogP contribution in [0.25, 0.3) is 33.3 Å². The molecule has 0 spiro atoms. The molecule has 0 radical (unpaired) electrons. The summed E-state index contributed by atoms with van der Waals surface area (Å²) in [5.41, 5.74) is 4.62. The summed E-state index contributed by atoms with van der Waals surface area (Å²) in [6, 6.07) is 13.6. The number of nitrogens with one attached hydrogen (secondary N) is 2. The quantitative estimate of drug-likeness (QED) is 0.224. The maximum absolute atomic E-state index is 12.9. The number of carbonyl (C=O) groups excluding carboxylic acids is 1. The minimum Gasteiger partial charge on any atom is -0.422 e. The highest BCUT2D eigenvalue weighted by Crippen LogP contribution is 2.32. The van der Waals surface area contributed by atoms with Crippen molar-refractivity contribution in [2.45, 2.75) is 39.8 Å². The van der Waals surface area contributed by atoms with Crippen LogP contribution in [0.3, 0.4) is 0 Å². The fourth-order valence-electron chi connectivity index (χ4n) is 5.45. The van der Waals surface area contributed by atoms with Crippen molar-refractivity contribution >= 4 is 39.4 Å². The summed E-state index contributed by atoms with van der Waals surface area (Å²) >= 11 is 0. The largest absolute Gasteiger partial charge is 0.422 e. The van der Waals surface area contributed by atoms with E-state index in [9.17, 15) is 9.59 Å². The van der Waals surface area contributed by atoms with Crippen LogP contribution in [0, 0.1) is 6.92 Å². The van der Waals surface area contributed by atoms with Gasteiger partial charge in [-0.05, 0) is 58.0 Å². The highest BCUT2D eigenvalue weighted by molar-refractivity contribution is 6.00. The van der Waals surface area contributed by atoms with E-state index in [4.69, 9.17) is 14.1 Å². The molecule has 1 aliphatic heterocycles. The smallest absolute Gasteiger partial charge is 0.347 e. The first-order chi connectivity index (χ1) is 19.3. The average Bonchev–Trinajstić information content (AvgIpc) is 3.27. The van der Waals surface area contributed by atoms with Gasteiger partial charge in [0.25, 0.3) is 0 Å². The Labute approximate surface area is 230 Å². The first-order valence-corrected chi connectivity index (χ1v) is 13.3. The SMILES string of the molecule is CC(=O)c1c(C2CNCCO2)c2ccc(Nc3nccc(-c4ccc5nc(C)n(C(C)C)c5c4)n3)cc2oc1=O. The predicted molar refractivity (Wildman–Crippen MR) is 153 cm³/mol. The number of ether oxygens (including phenoxy) is 1. The standard InChI is InChI=1S/C30H30N6O4/c1-16(2)36-18(4)33-23-8-5-19(13-24(23)36)22-9-10-32-30(35-22)34-20-6-7-21-25(14-20)40-29(38)27(17(3)37)28(21)26-15-31-11-12-39-26/h5-10,13-14,16,26,31H,11-12,15H2,1-4H3,(H,32,34,35). The molecule has 5 aromatic rings. The van der Waals surface area contributed by atoms with Gasteiger partial charge in [0.1, 0.15) is 17.0 Å². The maximum Gasteiger partial charge on any atom is 0.347 e. The lowest BCUT2D eigenvalue weighted by Gasteiger charge is -2.26. The Bertz CT molecular complexity index is 1820. The van der Waals surface area contributed by atoms with Gasteiger partial charge < -0.3 is 24.4 Å². The van der Waals surface area contributed by atoms with Crippen molar-refractivity contribution < 1.29 is 13.9 Å². The number of rotatable bonds is 6. The lowest BCUT2D eigenvalue weighted by atomic mass is 9.96. The third-order valence-corrected chi connectivity index (χ3v) is 7.14. The van der Waals surface area contributed by atoms with Gasteiger partial charge in [0.15, 0.2) is 5.78 Å². The minimum absolute atomic E-state index is 0.0314. The predicted octanol–water partition coefficient (Wildman–Crippen LogP) is 5.10. The summed E-state index contributed by atoms with van der Waals surface area (Å²) in [7, 11) is 0. The molecule has 0 amide bonds. The van der Waals surface area contributed by atoms with E-state index in [-0.39, 0.29) is 17.4 Å². The van der Waals surface area contributed by atoms with E-state index in [2.05, 4.69) is 45.1 Å². The number of hydrogen-bond donors (Lipinski definition) is 2. The van der Waals surface area contributed by atoms with Crippen LogP contribution in [-0.2, 0) is 4.74 Å². The van der Waals surface area contributed by atoms with Crippen LogP contribution < -0.4 is 16.3 Å². The van der Waals surface area contributed by atoms with E-state index in [0.717, 1.165) is 28.1 Å². The Morgan fingerprint density at radius 1 is 1.15 bits per heavy atom. The number of carbonyl (C=O) groups is 1. The number of morpholine rings is 1. The lowest BCUT2D eigenvalue weighted by molar-refractivity contribution is 0.0277. The number of nitrogens with zero attached hydrogens (tertiary/aromatic N) is 4. The van der Waals surface area contributed by atoms with E-state index < -0.39 is 11.7 Å². The lowest BCUT2D eigenvalue weighted by Crippen LogP contribution is -2.35. The van der Waals surface area contributed by atoms with Gasteiger partial charge in [0.2, 0.25) is 5.95 Å². The van der Waals surface area contributed by atoms with Gasteiger partial charge in [-0.1, -0.05) is 6.07 Å². The summed E-state index contributed by atoms with van der Waals surface area (Å²) in [6.07, 6.45) is 1.28. The molecule has 0 aliphatic carbocycles. The van der Waals surface area contributed by atoms with E-state index in [1.54, 1.807) is 12.3 Å². The fourth-order valence-corrected chi connectivity index (χ4v) is 5.45. The second-order valence-electron chi connectivity index (χ2n) is 10.2. The molecule has 1 aliphatic rings. The number of hydrogen-bond acceptors (Lipinski definition) is 9. The van der Waals surface area contributed by atoms with E-state index in [1.807, 2.05) is 37.3 Å². The monoisotopic (exact) mass is 538 g/mol. The van der Waals surface area contributed by atoms with Crippen LogP contribution in [0.15, 0.2) is 57.9 Å². The molecule has 4 heterocycles. The first kappa shape index (κ1) is 25.8. The summed E-state index contributed by atoms with van der Waals surface area (Å²) in [5, 5.41) is 7.14. The molecular formula is C30H30N6O4. The highest BCUT2D eigenvalue weighted by atomic mass is 16.5. The molecule has 6 rings (SSSR count). The normalized spacial score (nSPS) is 15.7. The molecule has 10 nitrogen and oxygen atoms in total. The molecule has 2 N–H and O–H groups in total. The van der Waals surface area contributed by atoms with Crippen molar-refractivity contribution in [2.24, 2.45) is 0 Å². The number of ketones is 1. The van der Waals surface area contributed by atoms with Gasteiger partial charge in [-0.2, -0.15) is 0 Å². The van der Waals surface area contributed by atoms with Crippen LogP contribution in [0.5, 0.6) is 0 Å². The molecular weight excluding hydrogens is 508 g/mol. The number of imidazole rings is 1. The molecule has 2 aromatic carbocycles. The molecule has 1 unspecified atom stereocenters. The third-order valence-electron chi connectivity index (χ3n) is 7.14. The second kappa shape index (κ2) is 10.3. The van der Waals surface area contributed by atoms with Crippen molar-refractivity contribution in [3.8, 4) is 11.3 Å². The number of fused-ring (bicyclic) bond motifs is 2. The fraction of sp³-hybridized carbons (Fsp3) is 0.300. The number of anilines is 2. The van der Waals surface area contributed by atoms with E-state index >= 15 is 0 Å². The maximum atomic E-state index is 12.9. The van der Waals surface area contributed by atoms with Gasteiger partial charge in [-0.3, -0.25) is 4.79 Å². The number of benzene rings is 2. The molecule has 204 valence electrons. The zero-order valence-electron chi connectivity index (χ0n) is 22.8. The van der Waals surface area contributed by atoms with Gasteiger partial charge in [0, 0.05) is 53.6 Å². The van der Waals surface area contributed by atoms with Crippen LogP contribution in [0.2, 0.25) is 0 Å². The zero-order valence-corrected chi connectivity index (χ0v) is 22.8. The van der Waals surface area contributed by atoms with Crippen LogP contribution in [-0.4, -0.2) is 45.0 Å². The molecule has 3 aromatic heterocycles. The van der Waals surface area contributed by atoms with Crippen LogP contribution >= 0.6 is 0 Å². The van der Waals surface area contributed by atoms with Gasteiger partial charge in [0.05, 0.1) is 29.4 Å². The minimum atomic E-state index is -0.675. The summed E-state index contributed by atoms with van der Waals surface area (Å²) in [4.78, 5) is 39.1. The second-order valence-corrected chi connectivity index (χ2v) is 10.2. The van der Waals surface area contributed by atoms with E-state index in [1.165, 1.54) is 6.92 Å². The third kappa shape index (κ3) is 4.65. The molecule has 1 fully saturated rings. The van der Waals surface area contributed by atoms with Gasteiger partial charge >= 0.3 is 5.63 Å². The Kier molecular flexibility index (Phi) is 6.65. The molecule has 1 atom stereocenters. The molecule has 10 heteroatoms. The van der Waals surface area contributed by atoms with Crippen molar-refractivity contribution in [1.82, 2.24) is 24.8 Å². The Hall–Kier alpha value is -4.41. The van der Waals surface area contributed by atoms with Crippen LogP contribution in [0.4, 0.5) is 11.6 Å². The topological polar surface area (TPSA) is 124 Å². The molecule has 40 heavy (non-hydrogen) atoms. The van der Waals surface area contributed by atoms with Crippen LogP contribution in [0.1, 0.15) is 54.7 Å². The van der Waals surface area contributed by atoms with E-state index in [0.29, 0.717) is 47.9 Å². The summed E-state index contributed by atoms with van der Waals surface area (Å²) in [6.45, 7) is 9.37. The van der Waals surface area contributed by atoms with Crippen molar-refractivity contribution in [2.75, 3.05) is 25.0 Å². The van der Waals surface area contributed by atoms with Crippen molar-refractivity contribution in [3.63, 3.8) is 0 Å².